The minimum atomic E-state index is -0.157. The lowest BCUT2D eigenvalue weighted by Gasteiger charge is -2.18. The van der Waals surface area contributed by atoms with E-state index in [1.54, 1.807) is 0 Å². The number of rotatable bonds is 4. The second kappa shape index (κ2) is 5.87. The summed E-state index contributed by atoms with van der Waals surface area (Å²) in [5.74, 6) is 1.69. The molecular weight excluding hydrogens is 258 g/mol. The molecule has 4 heteroatoms. The van der Waals surface area contributed by atoms with Gasteiger partial charge in [-0.05, 0) is 6.07 Å². The molecule has 1 aliphatic heterocycles. The molecule has 0 radical (unpaired) electrons. The average molecular weight is 279 g/mol. The molecule has 3 nitrogen and oxygen atoms in total. The predicted molar refractivity (Wildman–Crippen MR) is 79.9 cm³/mol. The van der Waals surface area contributed by atoms with E-state index in [1.807, 2.05) is 36.0 Å². The SMILES string of the molecule is CC(C)(C)SCCNC(=O)C1COc2ccccc21. The third kappa shape index (κ3) is 3.90. The smallest absolute Gasteiger partial charge is 0.231 e. The van der Waals surface area contributed by atoms with Crippen LogP contribution in [-0.2, 0) is 4.79 Å². The Kier molecular flexibility index (Phi) is 4.40. The first-order valence-electron chi connectivity index (χ1n) is 6.61. The number of nitrogens with one attached hydrogen (secondary N) is 1. The van der Waals surface area contributed by atoms with E-state index >= 15 is 0 Å². The maximum absolute atomic E-state index is 12.1. The van der Waals surface area contributed by atoms with Crippen LogP contribution in [0.4, 0.5) is 0 Å². The molecule has 0 aromatic heterocycles. The molecule has 0 saturated heterocycles. The Morgan fingerprint density at radius 3 is 2.89 bits per heavy atom. The highest BCUT2D eigenvalue weighted by atomic mass is 32.2. The second-order valence-electron chi connectivity index (χ2n) is 5.65. The van der Waals surface area contributed by atoms with Crippen LogP contribution in [-0.4, -0.2) is 29.6 Å². The molecular formula is C15H21NO2S. The van der Waals surface area contributed by atoms with Crippen LogP contribution in [0.5, 0.6) is 5.75 Å². The third-order valence-corrected chi connectivity index (χ3v) is 4.23. The molecule has 104 valence electrons. The Morgan fingerprint density at radius 1 is 1.42 bits per heavy atom. The summed E-state index contributed by atoms with van der Waals surface area (Å²) in [6, 6.07) is 7.76. The Balaban J connectivity index is 1.82. The van der Waals surface area contributed by atoms with Crippen LogP contribution in [0.15, 0.2) is 24.3 Å². The number of carbonyl (C=O) groups is 1. The number of fused-ring (bicyclic) bond motifs is 1. The number of para-hydroxylation sites is 1. The minimum Gasteiger partial charge on any atom is -0.492 e. The number of ether oxygens (including phenoxy) is 1. The Morgan fingerprint density at radius 2 is 2.16 bits per heavy atom. The molecule has 1 heterocycles. The molecule has 0 fully saturated rings. The second-order valence-corrected chi connectivity index (χ2v) is 7.57. The molecule has 0 aliphatic carbocycles. The van der Waals surface area contributed by atoms with Crippen LogP contribution in [0.3, 0.4) is 0 Å². The summed E-state index contributed by atoms with van der Waals surface area (Å²) in [4.78, 5) is 12.1. The lowest BCUT2D eigenvalue weighted by molar-refractivity contribution is -0.122. The van der Waals surface area contributed by atoms with Gasteiger partial charge in [0.2, 0.25) is 5.91 Å². The van der Waals surface area contributed by atoms with Gasteiger partial charge >= 0.3 is 0 Å². The van der Waals surface area contributed by atoms with Crippen molar-refractivity contribution in [2.45, 2.75) is 31.4 Å². The highest BCUT2D eigenvalue weighted by Crippen LogP contribution is 2.33. The normalized spacial score (nSPS) is 17.7. The molecule has 0 spiro atoms. The predicted octanol–water partition coefficient (Wildman–Crippen LogP) is 2.81. The van der Waals surface area contributed by atoms with Gasteiger partial charge in [0.1, 0.15) is 18.3 Å². The molecule has 1 aliphatic rings. The van der Waals surface area contributed by atoms with Gasteiger partial charge in [0.05, 0.1) is 0 Å². The first-order chi connectivity index (χ1) is 8.97. The van der Waals surface area contributed by atoms with Gasteiger partial charge in [0.25, 0.3) is 0 Å². The van der Waals surface area contributed by atoms with E-state index in [2.05, 4.69) is 26.1 Å². The van der Waals surface area contributed by atoms with Gasteiger partial charge in [-0.25, -0.2) is 0 Å². The van der Waals surface area contributed by atoms with Crippen LogP contribution in [0.1, 0.15) is 32.3 Å². The zero-order valence-corrected chi connectivity index (χ0v) is 12.5. The fourth-order valence-corrected chi connectivity index (χ4v) is 2.85. The number of hydrogen-bond donors (Lipinski definition) is 1. The molecule has 1 unspecified atom stereocenters. The largest absolute Gasteiger partial charge is 0.492 e. The molecule has 0 saturated carbocycles. The molecule has 1 aromatic carbocycles. The van der Waals surface area contributed by atoms with Crippen molar-refractivity contribution in [3.05, 3.63) is 29.8 Å². The Labute approximate surface area is 119 Å². The minimum absolute atomic E-state index is 0.0689. The van der Waals surface area contributed by atoms with E-state index in [0.717, 1.165) is 17.1 Å². The summed E-state index contributed by atoms with van der Waals surface area (Å²) in [5, 5.41) is 3.00. The van der Waals surface area contributed by atoms with Crippen molar-refractivity contribution >= 4 is 17.7 Å². The highest BCUT2D eigenvalue weighted by Gasteiger charge is 2.29. The maximum Gasteiger partial charge on any atom is 0.231 e. The van der Waals surface area contributed by atoms with Crippen LogP contribution in [0, 0.1) is 0 Å². The van der Waals surface area contributed by atoms with E-state index in [1.165, 1.54) is 0 Å². The van der Waals surface area contributed by atoms with Gasteiger partial charge in [-0.1, -0.05) is 39.0 Å². The summed E-state index contributed by atoms with van der Waals surface area (Å²) < 4.78 is 5.77. The van der Waals surface area contributed by atoms with E-state index in [9.17, 15) is 4.79 Å². The first-order valence-corrected chi connectivity index (χ1v) is 7.59. The fourth-order valence-electron chi connectivity index (χ4n) is 2.03. The summed E-state index contributed by atoms with van der Waals surface area (Å²) in [6.45, 7) is 7.71. The fraction of sp³-hybridized carbons (Fsp3) is 0.533. The van der Waals surface area contributed by atoms with Gasteiger partial charge in [-0.2, -0.15) is 11.8 Å². The van der Waals surface area contributed by atoms with E-state index in [-0.39, 0.29) is 16.6 Å². The first kappa shape index (κ1) is 14.3. The molecule has 19 heavy (non-hydrogen) atoms. The summed E-state index contributed by atoms with van der Waals surface area (Å²) in [5.41, 5.74) is 1.00. The number of carbonyl (C=O) groups excluding carboxylic acids is 1. The Bertz CT molecular complexity index is 454. The molecule has 0 bridgehead atoms. The van der Waals surface area contributed by atoms with Gasteiger partial charge in [0.15, 0.2) is 0 Å². The molecule has 1 amide bonds. The lowest BCUT2D eigenvalue weighted by atomic mass is 10.0. The van der Waals surface area contributed by atoms with Crippen LogP contribution in [0.2, 0.25) is 0 Å². The van der Waals surface area contributed by atoms with Gasteiger partial charge in [0, 0.05) is 22.6 Å². The summed E-state index contributed by atoms with van der Waals surface area (Å²) in [6.07, 6.45) is 0. The van der Waals surface area contributed by atoms with Gasteiger partial charge in [-0.15, -0.1) is 0 Å². The lowest BCUT2D eigenvalue weighted by Crippen LogP contribution is -2.32. The quantitative estimate of drug-likeness (QED) is 0.861. The van der Waals surface area contributed by atoms with Crippen molar-refractivity contribution in [1.29, 1.82) is 0 Å². The van der Waals surface area contributed by atoms with Crippen molar-refractivity contribution in [2.24, 2.45) is 0 Å². The van der Waals surface area contributed by atoms with Crippen LogP contribution >= 0.6 is 11.8 Å². The molecule has 1 N–H and O–H groups in total. The van der Waals surface area contributed by atoms with E-state index < -0.39 is 0 Å². The average Bonchev–Trinajstić information content (AvgIpc) is 2.77. The van der Waals surface area contributed by atoms with Crippen molar-refractivity contribution in [3.63, 3.8) is 0 Å². The van der Waals surface area contributed by atoms with Crippen molar-refractivity contribution < 1.29 is 9.53 Å². The van der Waals surface area contributed by atoms with Crippen molar-refractivity contribution in [1.82, 2.24) is 5.32 Å². The van der Waals surface area contributed by atoms with Crippen LogP contribution in [0.25, 0.3) is 0 Å². The monoisotopic (exact) mass is 279 g/mol. The van der Waals surface area contributed by atoms with E-state index in [4.69, 9.17) is 4.74 Å². The molecule has 2 rings (SSSR count). The molecule has 1 atom stereocenters. The highest BCUT2D eigenvalue weighted by molar-refractivity contribution is 8.00. The zero-order chi connectivity index (χ0) is 13.9. The maximum atomic E-state index is 12.1. The summed E-state index contributed by atoms with van der Waals surface area (Å²) in [7, 11) is 0. The van der Waals surface area contributed by atoms with Gasteiger partial charge < -0.3 is 10.1 Å². The van der Waals surface area contributed by atoms with Crippen molar-refractivity contribution in [3.8, 4) is 5.75 Å². The van der Waals surface area contributed by atoms with Crippen molar-refractivity contribution in [2.75, 3.05) is 18.9 Å². The zero-order valence-electron chi connectivity index (χ0n) is 11.7. The Hall–Kier alpha value is -1.16. The number of amides is 1. The number of hydrogen-bond acceptors (Lipinski definition) is 3. The van der Waals surface area contributed by atoms with E-state index in [0.29, 0.717) is 13.2 Å². The molecule has 1 aromatic rings. The summed E-state index contributed by atoms with van der Waals surface area (Å²) >= 11 is 1.86. The topological polar surface area (TPSA) is 38.3 Å². The number of benzene rings is 1. The number of thioether (sulfide) groups is 1. The third-order valence-electron chi connectivity index (χ3n) is 2.95. The van der Waals surface area contributed by atoms with Crippen LogP contribution < -0.4 is 10.1 Å². The standard InChI is InChI=1S/C15H21NO2S/c1-15(2,3)19-9-8-16-14(17)12-10-18-13-7-5-4-6-11(12)13/h4-7,12H,8-10H2,1-3H3,(H,16,17). The van der Waals surface area contributed by atoms with Gasteiger partial charge in [-0.3, -0.25) is 4.79 Å².